The molecule has 21 heavy (non-hydrogen) atoms. The Labute approximate surface area is 127 Å². The SMILES string of the molecule is Cc1cc([N+](=O)[O-])ccc1C(Cl)=C(C#N)c1ccccc1. The van der Waals surface area contributed by atoms with Crippen LogP contribution in [0.5, 0.6) is 0 Å². The van der Waals surface area contributed by atoms with Crippen molar-refractivity contribution >= 4 is 27.9 Å². The zero-order valence-corrected chi connectivity index (χ0v) is 12.0. The van der Waals surface area contributed by atoms with E-state index in [1.54, 1.807) is 25.1 Å². The van der Waals surface area contributed by atoms with Crippen molar-refractivity contribution in [3.8, 4) is 6.07 Å². The van der Waals surface area contributed by atoms with Crippen molar-refractivity contribution in [2.45, 2.75) is 6.92 Å². The minimum Gasteiger partial charge on any atom is -0.258 e. The summed E-state index contributed by atoms with van der Waals surface area (Å²) in [5.41, 5.74) is 2.32. The first-order valence-corrected chi connectivity index (χ1v) is 6.53. The Bertz CT molecular complexity index is 762. The van der Waals surface area contributed by atoms with E-state index in [4.69, 9.17) is 11.6 Å². The number of halogens is 1. The molecule has 0 saturated heterocycles. The minimum atomic E-state index is -0.462. The molecule has 5 heteroatoms. The van der Waals surface area contributed by atoms with Gasteiger partial charge in [-0.15, -0.1) is 0 Å². The summed E-state index contributed by atoms with van der Waals surface area (Å²) in [6.07, 6.45) is 0. The molecule has 2 aromatic carbocycles. The van der Waals surface area contributed by atoms with Crippen molar-refractivity contribution in [2.24, 2.45) is 0 Å². The number of nitro groups is 1. The number of nitriles is 1. The molecule has 4 nitrogen and oxygen atoms in total. The summed E-state index contributed by atoms with van der Waals surface area (Å²) in [6.45, 7) is 1.73. The van der Waals surface area contributed by atoms with E-state index in [9.17, 15) is 15.4 Å². The molecule has 0 fully saturated rings. The van der Waals surface area contributed by atoms with Crippen molar-refractivity contribution in [3.05, 3.63) is 75.3 Å². The molecule has 0 aliphatic heterocycles. The van der Waals surface area contributed by atoms with Gasteiger partial charge >= 0.3 is 0 Å². The fourth-order valence-corrected chi connectivity index (χ4v) is 2.35. The number of allylic oxidation sites excluding steroid dienone is 1. The molecule has 0 N–H and O–H groups in total. The zero-order valence-electron chi connectivity index (χ0n) is 11.2. The average molecular weight is 299 g/mol. The molecule has 0 saturated carbocycles. The number of non-ortho nitro benzene ring substituents is 1. The maximum Gasteiger partial charge on any atom is 0.269 e. The summed E-state index contributed by atoms with van der Waals surface area (Å²) in [5.74, 6) is 0. The van der Waals surface area contributed by atoms with E-state index < -0.39 is 4.92 Å². The molecule has 0 heterocycles. The van der Waals surface area contributed by atoms with Gasteiger partial charge in [0.15, 0.2) is 0 Å². The third-order valence-corrected chi connectivity index (χ3v) is 3.44. The third kappa shape index (κ3) is 3.10. The first-order chi connectivity index (χ1) is 10.0. The topological polar surface area (TPSA) is 66.9 Å². The fourth-order valence-electron chi connectivity index (χ4n) is 1.99. The standard InChI is InChI=1S/C16H11ClN2O2/c1-11-9-13(19(20)21)7-8-14(11)16(17)15(10-18)12-5-3-2-4-6-12/h2-9H,1H3. The number of hydrogen-bond donors (Lipinski definition) is 0. The highest BCUT2D eigenvalue weighted by Crippen LogP contribution is 2.32. The van der Waals surface area contributed by atoms with Crippen LogP contribution in [0.3, 0.4) is 0 Å². The maximum absolute atomic E-state index is 10.8. The van der Waals surface area contributed by atoms with E-state index in [1.807, 2.05) is 18.2 Å². The molecule has 2 aromatic rings. The zero-order chi connectivity index (χ0) is 15.4. The van der Waals surface area contributed by atoms with Gasteiger partial charge in [-0.25, -0.2) is 0 Å². The van der Waals surface area contributed by atoms with Gasteiger partial charge in [0.25, 0.3) is 5.69 Å². The van der Waals surface area contributed by atoms with Crippen LogP contribution < -0.4 is 0 Å². The van der Waals surface area contributed by atoms with Gasteiger partial charge in [-0.05, 0) is 29.7 Å². The maximum atomic E-state index is 10.8. The molecule has 0 aliphatic rings. The molecule has 0 radical (unpaired) electrons. The van der Waals surface area contributed by atoms with Gasteiger partial charge in [-0.3, -0.25) is 10.1 Å². The van der Waals surface area contributed by atoms with Gasteiger partial charge in [-0.2, -0.15) is 5.26 Å². The van der Waals surface area contributed by atoms with Gasteiger partial charge in [-0.1, -0.05) is 41.9 Å². The third-order valence-electron chi connectivity index (χ3n) is 3.05. The van der Waals surface area contributed by atoms with Gasteiger partial charge in [0.05, 0.1) is 15.5 Å². The lowest BCUT2D eigenvalue weighted by atomic mass is 10.0. The van der Waals surface area contributed by atoms with Crippen LogP contribution in [0, 0.1) is 28.4 Å². The predicted octanol–water partition coefficient (Wildman–Crippen LogP) is 4.53. The second-order valence-electron chi connectivity index (χ2n) is 4.42. The summed E-state index contributed by atoms with van der Waals surface area (Å²) >= 11 is 6.33. The molecule has 0 atom stereocenters. The Balaban J connectivity index is 2.57. The molecule has 0 bridgehead atoms. The monoisotopic (exact) mass is 298 g/mol. The first-order valence-electron chi connectivity index (χ1n) is 6.15. The highest BCUT2D eigenvalue weighted by molar-refractivity contribution is 6.53. The summed E-state index contributed by atoms with van der Waals surface area (Å²) < 4.78 is 0. The van der Waals surface area contributed by atoms with Crippen LogP contribution in [0.2, 0.25) is 0 Å². The average Bonchev–Trinajstić information content (AvgIpc) is 2.48. The molecule has 2 rings (SSSR count). The molecule has 0 amide bonds. The van der Waals surface area contributed by atoms with Crippen LogP contribution in [0.25, 0.3) is 10.6 Å². The van der Waals surface area contributed by atoms with E-state index in [1.165, 1.54) is 12.1 Å². The van der Waals surface area contributed by atoms with Crippen LogP contribution in [0.1, 0.15) is 16.7 Å². The second kappa shape index (κ2) is 6.21. The van der Waals surface area contributed by atoms with E-state index in [0.717, 1.165) is 0 Å². The number of benzene rings is 2. The Hall–Kier alpha value is -2.64. The Morgan fingerprint density at radius 3 is 2.43 bits per heavy atom. The quantitative estimate of drug-likeness (QED) is 0.362. The van der Waals surface area contributed by atoms with Gasteiger partial charge < -0.3 is 0 Å². The van der Waals surface area contributed by atoms with Crippen molar-refractivity contribution in [1.82, 2.24) is 0 Å². The normalized spacial score (nSPS) is 11.5. The lowest BCUT2D eigenvalue weighted by Crippen LogP contribution is -1.93. The number of nitro benzene ring substituents is 1. The molecule has 0 aromatic heterocycles. The highest BCUT2D eigenvalue weighted by atomic mass is 35.5. The van der Waals surface area contributed by atoms with Gasteiger partial charge in [0, 0.05) is 12.1 Å². The van der Waals surface area contributed by atoms with Crippen molar-refractivity contribution in [1.29, 1.82) is 5.26 Å². The first kappa shape index (κ1) is 14.8. The minimum absolute atomic E-state index is 0.000986. The summed E-state index contributed by atoms with van der Waals surface area (Å²) in [7, 11) is 0. The number of hydrogen-bond acceptors (Lipinski definition) is 3. The van der Waals surface area contributed by atoms with E-state index in [2.05, 4.69) is 6.07 Å². The number of nitrogens with zero attached hydrogens (tertiary/aromatic N) is 2. The summed E-state index contributed by atoms with van der Waals surface area (Å²) in [4.78, 5) is 10.3. The summed E-state index contributed by atoms with van der Waals surface area (Å²) in [5, 5.41) is 20.4. The second-order valence-corrected chi connectivity index (χ2v) is 4.80. The number of aryl methyl sites for hydroxylation is 1. The van der Waals surface area contributed by atoms with Crippen LogP contribution in [-0.4, -0.2) is 4.92 Å². The molecule has 0 unspecified atom stereocenters. The van der Waals surface area contributed by atoms with Gasteiger partial charge in [0.1, 0.15) is 6.07 Å². The van der Waals surface area contributed by atoms with E-state index >= 15 is 0 Å². The predicted molar refractivity (Wildman–Crippen MR) is 82.6 cm³/mol. The van der Waals surface area contributed by atoms with Crippen LogP contribution in [0.15, 0.2) is 48.5 Å². The Morgan fingerprint density at radius 2 is 1.90 bits per heavy atom. The van der Waals surface area contributed by atoms with E-state index in [0.29, 0.717) is 22.3 Å². The highest BCUT2D eigenvalue weighted by Gasteiger charge is 2.14. The fraction of sp³-hybridized carbons (Fsp3) is 0.0625. The van der Waals surface area contributed by atoms with Crippen molar-refractivity contribution < 1.29 is 4.92 Å². The molecular formula is C16H11ClN2O2. The van der Waals surface area contributed by atoms with Crippen LogP contribution >= 0.6 is 11.6 Å². The number of rotatable bonds is 3. The Kier molecular flexibility index (Phi) is 4.36. The van der Waals surface area contributed by atoms with Crippen LogP contribution in [-0.2, 0) is 0 Å². The van der Waals surface area contributed by atoms with Crippen LogP contribution in [0.4, 0.5) is 5.69 Å². The summed E-state index contributed by atoms with van der Waals surface area (Å²) in [6, 6.07) is 15.6. The van der Waals surface area contributed by atoms with E-state index in [-0.39, 0.29) is 10.7 Å². The van der Waals surface area contributed by atoms with Crippen molar-refractivity contribution in [2.75, 3.05) is 0 Å². The smallest absolute Gasteiger partial charge is 0.258 e. The lowest BCUT2D eigenvalue weighted by Gasteiger charge is -2.07. The molecule has 0 spiro atoms. The van der Waals surface area contributed by atoms with Gasteiger partial charge in [0.2, 0.25) is 0 Å². The largest absolute Gasteiger partial charge is 0.269 e. The molecule has 0 aliphatic carbocycles. The Morgan fingerprint density at radius 1 is 1.24 bits per heavy atom. The molecule has 104 valence electrons. The molecular weight excluding hydrogens is 288 g/mol. The van der Waals surface area contributed by atoms with Crippen molar-refractivity contribution in [3.63, 3.8) is 0 Å². The lowest BCUT2D eigenvalue weighted by molar-refractivity contribution is -0.384.